The van der Waals surface area contributed by atoms with Crippen molar-refractivity contribution in [1.29, 1.82) is 0 Å². The van der Waals surface area contributed by atoms with Gasteiger partial charge in [0, 0.05) is 30.1 Å². The number of ether oxygens (including phenoxy) is 1. The summed E-state index contributed by atoms with van der Waals surface area (Å²) < 4.78 is 10.9. The van der Waals surface area contributed by atoms with E-state index in [1.807, 2.05) is 12.1 Å². The molecule has 0 spiro atoms. The van der Waals surface area contributed by atoms with Crippen molar-refractivity contribution in [2.75, 3.05) is 23.4 Å². The summed E-state index contributed by atoms with van der Waals surface area (Å²) in [7, 11) is 1.41. The molecule has 0 saturated carbocycles. The third kappa shape index (κ3) is 6.90. The van der Waals surface area contributed by atoms with Crippen LogP contribution in [-0.2, 0) is 20.9 Å². The molecular weight excluding hydrogens is 608 g/mol. The molecule has 14 nitrogen and oxygen atoms in total. The van der Waals surface area contributed by atoms with Crippen molar-refractivity contribution in [2.45, 2.75) is 51.9 Å². The van der Waals surface area contributed by atoms with Crippen LogP contribution in [0.3, 0.4) is 0 Å². The minimum atomic E-state index is -1.27. The van der Waals surface area contributed by atoms with Gasteiger partial charge >= 0.3 is 6.09 Å². The number of anilines is 2. The van der Waals surface area contributed by atoms with Gasteiger partial charge < -0.3 is 24.4 Å². The van der Waals surface area contributed by atoms with Gasteiger partial charge in [-0.2, -0.15) is 0 Å². The number of carbonyl (C=O) groups excluding carboxylic acids is 4. The van der Waals surface area contributed by atoms with E-state index in [1.165, 1.54) is 48.0 Å². The van der Waals surface area contributed by atoms with Crippen molar-refractivity contribution in [1.82, 2.24) is 15.4 Å². The van der Waals surface area contributed by atoms with Crippen LogP contribution < -0.4 is 15.1 Å². The number of para-hydroxylation sites is 3. The summed E-state index contributed by atoms with van der Waals surface area (Å²) in [4.78, 5) is 69.2. The van der Waals surface area contributed by atoms with Crippen LogP contribution in [0, 0.1) is 10.1 Å². The molecule has 0 aliphatic carbocycles. The zero-order chi connectivity index (χ0) is 34.0. The van der Waals surface area contributed by atoms with Crippen molar-refractivity contribution in [3.05, 3.63) is 94.2 Å². The first-order valence-corrected chi connectivity index (χ1v) is 14.8. The van der Waals surface area contributed by atoms with Crippen LogP contribution in [0.4, 0.5) is 21.9 Å². The Morgan fingerprint density at radius 2 is 1.70 bits per heavy atom. The molecular formula is C33H34N6O8. The summed E-state index contributed by atoms with van der Waals surface area (Å²) in [5, 5.41) is 18.8. The first-order valence-electron chi connectivity index (χ1n) is 14.8. The molecule has 244 valence electrons. The van der Waals surface area contributed by atoms with Gasteiger partial charge in [-0.25, -0.2) is 4.79 Å². The maximum Gasteiger partial charge on any atom is 0.410 e. The normalized spacial score (nSPS) is 15.4. The van der Waals surface area contributed by atoms with Gasteiger partial charge in [-0.3, -0.25) is 29.4 Å². The SMILES string of the molecule is C[C@@H](C(=O)N[C@H]1CN(C(=O)c2ccc([N+](=O)[O-])cc2)c2ccccc2N(Cc2noc3ccccc23)C1=O)N(C)C(=O)OC(C)(C)C. The number of aromatic nitrogens is 1. The number of rotatable bonds is 7. The third-order valence-corrected chi connectivity index (χ3v) is 7.68. The van der Waals surface area contributed by atoms with Crippen molar-refractivity contribution < 1.29 is 33.4 Å². The second-order valence-corrected chi connectivity index (χ2v) is 12.1. The van der Waals surface area contributed by atoms with Gasteiger partial charge in [-0.15, -0.1) is 0 Å². The van der Waals surface area contributed by atoms with Gasteiger partial charge in [-0.1, -0.05) is 29.4 Å². The second-order valence-electron chi connectivity index (χ2n) is 12.1. The van der Waals surface area contributed by atoms with Crippen LogP contribution in [0.25, 0.3) is 11.0 Å². The number of likely N-dealkylation sites (N-methyl/N-ethyl adjacent to an activating group) is 1. The number of nitro benzene ring substituents is 1. The monoisotopic (exact) mass is 642 g/mol. The fourth-order valence-electron chi connectivity index (χ4n) is 5.09. The number of hydrogen-bond donors (Lipinski definition) is 1. The van der Waals surface area contributed by atoms with E-state index in [-0.39, 0.29) is 24.3 Å². The number of nitrogens with zero attached hydrogens (tertiary/aromatic N) is 5. The molecule has 1 aliphatic rings. The lowest BCUT2D eigenvalue weighted by atomic mass is 10.1. The predicted molar refractivity (Wildman–Crippen MR) is 172 cm³/mol. The molecule has 0 saturated heterocycles. The van der Waals surface area contributed by atoms with Crippen LogP contribution in [0.15, 0.2) is 77.3 Å². The minimum absolute atomic E-state index is 0.0494. The fraction of sp³-hybridized carbons (Fsp3) is 0.303. The molecule has 47 heavy (non-hydrogen) atoms. The first-order chi connectivity index (χ1) is 22.2. The van der Waals surface area contributed by atoms with Gasteiger partial charge in [0.1, 0.15) is 23.4 Å². The largest absolute Gasteiger partial charge is 0.444 e. The molecule has 1 aliphatic heterocycles. The summed E-state index contributed by atoms with van der Waals surface area (Å²) in [6.45, 7) is 6.27. The molecule has 5 rings (SSSR count). The predicted octanol–water partition coefficient (Wildman–Crippen LogP) is 4.67. The highest BCUT2D eigenvalue weighted by Crippen LogP contribution is 2.35. The lowest BCUT2D eigenvalue weighted by Gasteiger charge is -2.30. The first kappa shape index (κ1) is 32.6. The van der Waals surface area contributed by atoms with Gasteiger partial charge in [0.15, 0.2) is 5.58 Å². The van der Waals surface area contributed by atoms with E-state index in [9.17, 15) is 29.3 Å². The van der Waals surface area contributed by atoms with Crippen molar-refractivity contribution in [2.24, 2.45) is 0 Å². The van der Waals surface area contributed by atoms with Gasteiger partial charge in [0.25, 0.3) is 17.5 Å². The molecule has 14 heteroatoms. The molecule has 2 atom stereocenters. The van der Waals surface area contributed by atoms with Crippen LogP contribution in [0.5, 0.6) is 0 Å². The van der Waals surface area contributed by atoms with Crippen LogP contribution in [-0.4, -0.2) is 70.1 Å². The Kier molecular flexibility index (Phi) is 8.95. The Hall–Kier alpha value is -5.79. The highest BCUT2D eigenvalue weighted by atomic mass is 16.6. The van der Waals surface area contributed by atoms with Crippen molar-refractivity contribution in [3.63, 3.8) is 0 Å². The summed E-state index contributed by atoms with van der Waals surface area (Å²) in [6, 6.07) is 16.7. The lowest BCUT2D eigenvalue weighted by Crippen LogP contribution is -2.57. The Morgan fingerprint density at radius 1 is 1.06 bits per heavy atom. The molecule has 3 aromatic carbocycles. The van der Waals surface area contributed by atoms with E-state index in [2.05, 4.69) is 10.5 Å². The molecule has 0 radical (unpaired) electrons. The number of nitro groups is 1. The number of fused-ring (bicyclic) bond motifs is 2. The van der Waals surface area contributed by atoms with Gasteiger partial charge in [0.05, 0.1) is 29.4 Å². The standard InChI is InChI=1S/C33H34N6O8/c1-20(36(5)32(43)46-33(2,3)4)29(40)34-25-19-37(30(41)21-14-16-22(17-15-21)39(44)45)26-11-7-8-12-27(26)38(31(25)42)18-24-23-10-6-9-13-28(23)47-35-24/h6-17,20,25H,18-19H2,1-5H3,(H,34,40)/t20-,25-/m0/s1. The van der Waals surface area contributed by atoms with E-state index in [0.29, 0.717) is 28.0 Å². The molecule has 0 bridgehead atoms. The Bertz CT molecular complexity index is 1850. The molecule has 4 amide bonds. The van der Waals surface area contributed by atoms with Gasteiger partial charge in [-0.05, 0) is 64.1 Å². The maximum absolute atomic E-state index is 14.4. The van der Waals surface area contributed by atoms with Crippen LogP contribution >= 0.6 is 0 Å². The third-order valence-electron chi connectivity index (χ3n) is 7.68. The average Bonchev–Trinajstić information content (AvgIpc) is 3.41. The number of benzene rings is 3. The quantitative estimate of drug-likeness (QED) is 0.222. The zero-order valence-electron chi connectivity index (χ0n) is 26.5. The Balaban J connectivity index is 1.53. The smallest absolute Gasteiger partial charge is 0.410 e. The van der Waals surface area contributed by atoms with Gasteiger partial charge in [0.2, 0.25) is 5.91 Å². The molecule has 0 unspecified atom stereocenters. The summed E-state index contributed by atoms with van der Waals surface area (Å²) in [5.74, 6) is -1.74. The summed E-state index contributed by atoms with van der Waals surface area (Å²) >= 11 is 0. The molecule has 2 heterocycles. The highest BCUT2D eigenvalue weighted by Gasteiger charge is 2.39. The minimum Gasteiger partial charge on any atom is -0.444 e. The van der Waals surface area contributed by atoms with E-state index < -0.39 is 46.4 Å². The molecule has 1 N–H and O–H groups in total. The van der Waals surface area contributed by atoms with Crippen LogP contribution in [0.1, 0.15) is 43.7 Å². The Morgan fingerprint density at radius 3 is 2.36 bits per heavy atom. The van der Waals surface area contributed by atoms with E-state index in [1.54, 1.807) is 57.2 Å². The summed E-state index contributed by atoms with van der Waals surface area (Å²) in [6.07, 6.45) is -0.728. The number of carbonyl (C=O) groups is 4. The number of hydrogen-bond acceptors (Lipinski definition) is 9. The van der Waals surface area contributed by atoms with Crippen molar-refractivity contribution in [3.8, 4) is 0 Å². The van der Waals surface area contributed by atoms with E-state index >= 15 is 0 Å². The summed E-state index contributed by atoms with van der Waals surface area (Å²) in [5.41, 5.74) is 0.876. The fourth-order valence-corrected chi connectivity index (χ4v) is 5.09. The van der Waals surface area contributed by atoms with E-state index in [0.717, 1.165) is 4.90 Å². The number of non-ortho nitro benzene ring substituents is 1. The Labute approximate surface area is 270 Å². The van der Waals surface area contributed by atoms with Crippen molar-refractivity contribution >= 4 is 51.8 Å². The average molecular weight is 643 g/mol. The molecule has 0 fully saturated rings. The number of amides is 4. The molecule has 1 aromatic heterocycles. The van der Waals surface area contributed by atoms with E-state index in [4.69, 9.17) is 9.26 Å². The lowest BCUT2D eigenvalue weighted by molar-refractivity contribution is -0.384. The molecule has 4 aromatic rings. The topological polar surface area (TPSA) is 168 Å². The maximum atomic E-state index is 14.4. The highest BCUT2D eigenvalue weighted by molar-refractivity contribution is 6.13. The van der Waals surface area contributed by atoms with Crippen LogP contribution in [0.2, 0.25) is 0 Å². The zero-order valence-corrected chi connectivity index (χ0v) is 26.5. The number of nitrogens with one attached hydrogen (secondary N) is 1. The second kappa shape index (κ2) is 12.9.